The molecule has 4 N–H and O–H groups in total. The van der Waals surface area contributed by atoms with Crippen LogP contribution in [0.1, 0.15) is 30.9 Å². The van der Waals surface area contributed by atoms with Crippen LogP contribution in [-0.4, -0.2) is 51.9 Å². The Labute approximate surface area is 144 Å². The fraction of sp³-hybridized carbons (Fsp3) is 0.471. The first kappa shape index (κ1) is 18.9. The molecule has 1 aromatic carbocycles. The van der Waals surface area contributed by atoms with Crippen molar-refractivity contribution in [2.45, 2.75) is 37.4 Å². The smallest absolute Gasteiger partial charge is 0.336 e. The molecule has 2 atom stereocenters. The summed E-state index contributed by atoms with van der Waals surface area (Å²) in [6.45, 7) is 2.71. The average Bonchev–Trinajstić information content (AvgIpc) is 2.66. The van der Waals surface area contributed by atoms with Gasteiger partial charge in [0.25, 0.3) is 0 Å². The van der Waals surface area contributed by atoms with Gasteiger partial charge in [0.2, 0.25) is 0 Å². The average molecular weight is 351 g/mol. The third-order valence-electron chi connectivity index (χ3n) is 4.24. The number of aliphatic carboxylic acids is 2. The zero-order valence-corrected chi connectivity index (χ0v) is 13.8. The summed E-state index contributed by atoms with van der Waals surface area (Å²) in [4.78, 5) is 34.2. The number of fused-ring (bicyclic) bond motifs is 1. The number of carbonyl (C=O) groups excluding carboxylic acids is 1. The predicted octanol–water partition coefficient (Wildman–Crippen LogP) is 0.271. The van der Waals surface area contributed by atoms with Crippen molar-refractivity contribution in [1.82, 2.24) is 5.32 Å². The second-order valence-electron chi connectivity index (χ2n) is 6.37. The minimum absolute atomic E-state index is 0.320. The SMILES string of the molecule is CC1(OC(=O)CC(O)(CC(=O)O)C(=O)O)CNCCc2ccccc21. The van der Waals surface area contributed by atoms with Gasteiger partial charge in [0.05, 0.1) is 12.8 Å². The van der Waals surface area contributed by atoms with E-state index in [0.29, 0.717) is 13.1 Å². The van der Waals surface area contributed by atoms with Gasteiger partial charge < -0.3 is 25.4 Å². The van der Waals surface area contributed by atoms with E-state index >= 15 is 0 Å². The topological polar surface area (TPSA) is 133 Å². The molecular formula is C17H21NO7. The van der Waals surface area contributed by atoms with E-state index < -0.39 is 42.0 Å². The van der Waals surface area contributed by atoms with Crippen LogP contribution in [0.15, 0.2) is 24.3 Å². The first-order valence-corrected chi connectivity index (χ1v) is 7.85. The highest BCUT2D eigenvalue weighted by Crippen LogP contribution is 2.31. The Hall–Kier alpha value is -2.45. The molecule has 8 heteroatoms. The molecule has 0 bridgehead atoms. The number of carbonyl (C=O) groups is 3. The number of nitrogens with one attached hydrogen (secondary N) is 1. The van der Waals surface area contributed by atoms with Gasteiger partial charge in [0.15, 0.2) is 5.60 Å². The maximum atomic E-state index is 12.3. The Morgan fingerprint density at radius 2 is 1.92 bits per heavy atom. The van der Waals surface area contributed by atoms with Crippen LogP contribution in [-0.2, 0) is 31.1 Å². The number of ether oxygens (including phenoxy) is 1. The van der Waals surface area contributed by atoms with Crippen molar-refractivity contribution >= 4 is 17.9 Å². The van der Waals surface area contributed by atoms with Crippen LogP contribution in [0.25, 0.3) is 0 Å². The van der Waals surface area contributed by atoms with Gasteiger partial charge in [-0.2, -0.15) is 0 Å². The van der Waals surface area contributed by atoms with E-state index in [1.165, 1.54) is 0 Å². The summed E-state index contributed by atoms with van der Waals surface area (Å²) in [6, 6.07) is 7.44. The number of hydrogen-bond acceptors (Lipinski definition) is 6. The molecule has 136 valence electrons. The van der Waals surface area contributed by atoms with Crippen molar-refractivity contribution in [2.24, 2.45) is 0 Å². The monoisotopic (exact) mass is 351 g/mol. The molecule has 0 spiro atoms. The fourth-order valence-electron chi connectivity index (χ4n) is 2.98. The molecule has 0 saturated carbocycles. The molecule has 1 aliphatic heterocycles. The zero-order chi connectivity index (χ0) is 18.7. The third-order valence-corrected chi connectivity index (χ3v) is 4.24. The summed E-state index contributed by atoms with van der Waals surface area (Å²) in [5.41, 5.74) is -1.96. The molecule has 0 aromatic heterocycles. The number of carboxylic acid groups (broad SMARTS) is 2. The summed E-state index contributed by atoms with van der Waals surface area (Å²) >= 11 is 0. The van der Waals surface area contributed by atoms with Crippen molar-refractivity contribution in [1.29, 1.82) is 0 Å². The number of esters is 1. The Balaban J connectivity index is 2.21. The molecule has 8 nitrogen and oxygen atoms in total. The molecule has 1 aliphatic rings. The maximum Gasteiger partial charge on any atom is 0.336 e. The summed E-state index contributed by atoms with van der Waals surface area (Å²) in [6.07, 6.45) is -1.29. The van der Waals surface area contributed by atoms with Crippen LogP contribution < -0.4 is 5.32 Å². The normalized spacial score (nSPS) is 22.2. The zero-order valence-electron chi connectivity index (χ0n) is 13.8. The van der Waals surface area contributed by atoms with Crippen LogP contribution in [0.2, 0.25) is 0 Å². The predicted molar refractivity (Wildman–Crippen MR) is 85.9 cm³/mol. The van der Waals surface area contributed by atoms with E-state index in [4.69, 9.17) is 14.9 Å². The largest absolute Gasteiger partial charge is 0.481 e. The van der Waals surface area contributed by atoms with E-state index in [1.807, 2.05) is 24.3 Å². The van der Waals surface area contributed by atoms with Crippen molar-refractivity contribution in [2.75, 3.05) is 13.1 Å². The molecule has 0 amide bonds. The Morgan fingerprint density at radius 1 is 1.24 bits per heavy atom. The van der Waals surface area contributed by atoms with Gasteiger partial charge in [-0.1, -0.05) is 24.3 Å². The molecule has 25 heavy (non-hydrogen) atoms. The number of aliphatic hydroxyl groups is 1. The molecule has 0 aliphatic carbocycles. The fourth-order valence-corrected chi connectivity index (χ4v) is 2.98. The van der Waals surface area contributed by atoms with Crippen LogP contribution in [0, 0.1) is 0 Å². The quantitative estimate of drug-likeness (QED) is 0.537. The van der Waals surface area contributed by atoms with Crippen LogP contribution in [0.5, 0.6) is 0 Å². The Bertz CT molecular complexity index is 689. The first-order chi connectivity index (χ1) is 11.7. The van der Waals surface area contributed by atoms with Crippen molar-refractivity contribution in [3.05, 3.63) is 35.4 Å². The lowest BCUT2D eigenvalue weighted by molar-refractivity contribution is -0.177. The molecular weight excluding hydrogens is 330 g/mol. The van der Waals surface area contributed by atoms with Crippen molar-refractivity contribution < 1.29 is 34.4 Å². The lowest BCUT2D eigenvalue weighted by atomic mass is 9.90. The van der Waals surface area contributed by atoms with E-state index in [9.17, 15) is 19.5 Å². The Morgan fingerprint density at radius 3 is 2.56 bits per heavy atom. The van der Waals surface area contributed by atoms with E-state index in [2.05, 4.69) is 5.32 Å². The molecule has 0 radical (unpaired) electrons. The number of rotatable bonds is 6. The lowest BCUT2D eigenvalue weighted by Gasteiger charge is -2.31. The molecule has 2 unspecified atom stereocenters. The highest BCUT2D eigenvalue weighted by molar-refractivity contribution is 5.88. The molecule has 1 aromatic rings. The highest BCUT2D eigenvalue weighted by Gasteiger charge is 2.43. The van der Waals surface area contributed by atoms with Gasteiger partial charge in [-0.25, -0.2) is 4.79 Å². The summed E-state index contributed by atoms with van der Waals surface area (Å²) in [5.74, 6) is -4.28. The summed E-state index contributed by atoms with van der Waals surface area (Å²) < 4.78 is 5.50. The van der Waals surface area contributed by atoms with Crippen LogP contribution >= 0.6 is 0 Å². The summed E-state index contributed by atoms with van der Waals surface area (Å²) in [5, 5.41) is 31.0. The van der Waals surface area contributed by atoms with E-state index in [1.54, 1.807) is 6.92 Å². The van der Waals surface area contributed by atoms with Gasteiger partial charge in [0, 0.05) is 6.54 Å². The molecule has 1 heterocycles. The molecule has 0 fully saturated rings. The van der Waals surface area contributed by atoms with Gasteiger partial charge in [-0.05, 0) is 31.0 Å². The van der Waals surface area contributed by atoms with Crippen LogP contribution in [0.4, 0.5) is 0 Å². The maximum absolute atomic E-state index is 12.3. The highest BCUT2D eigenvalue weighted by atomic mass is 16.6. The van der Waals surface area contributed by atoms with Crippen molar-refractivity contribution in [3.63, 3.8) is 0 Å². The molecule has 2 rings (SSSR count). The van der Waals surface area contributed by atoms with Gasteiger partial charge >= 0.3 is 17.9 Å². The number of hydrogen-bond donors (Lipinski definition) is 4. The van der Waals surface area contributed by atoms with Crippen molar-refractivity contribution in [3.8, 4) is 0 Å². The minimum atomic E-state index is -2.71. The summed E-state index contributed by atoms with van der Waals surface area (Å²) in [7, 11) is 0. The lowest BCUT2D eigenvalue weighted by Crippen LogP contribution is -2.45. The first-order valence-electron chi connectivity index (χ1n) is 7.85. The van der Waals surface area contributed by atoms with E-state index in [-0.39, 0.29) is 0 Å². The van der Waals surface area contributed by atoms with Crippen LogP contribution in [0.3, 0.4) is 0 Å². The second kappa shape index (κ2) is 7.20. The van der Waals surface area contributed by atoms with Gasteiger partial charge in [0.1, 0.15) is 5.60 Å². The molecule has 0 saturated heterocycles. The number of carboxylic acids is 2. The minimum Gasteiger partial charge on any atom is -0.481 e. The van der Waals surface area contributed by atoms with E-state index in [0.717, 1.165) is 17.5 Å². The second-order valence-corrected chi connectivity index (χ2v) is 6.37. The Kier molecular flexibility index (Phi) is 5.44. The van der Waals surface area contributed by atoms with Gasteiger partial charge in [-0.3, -0.25) is 9.59 Å². The third kappa shape index (κ3) is 4.34. The standard InChI is InChI=1S/C17H21NO7/c1-16(10-18-7-6-11-4-2-3-5-12(11)16)25-14(21)9-17(24,15(22)23)8-13(19)20/h2-5,18,24H,6-10H2,1H3,(H,19,20)(H,22,23). The number of benzene rings is 1. The van der Waals surface area contributed by atoms with Gasteiger partial charge in [-0.15, -0.1) is 0 Å².